The second-order valence-corrected chi connectivity index (χ2v) is 4.80. The minimum Gasteiger partial charge on any atom is -0.466 e. The molecule has 0 saturated carbocycles. The third kappa shape index (κ3) is 6.30. The summed E-state index contributed by atoms with van der Waals surface area (Å²) < 4.78 is 5.01. The molecular formula is C20H22O3. The maximum Gasteiger partial charge on any atom is 0.310 e. The molecule has 0 aromatic heterocycles. The van der Waals surface area contributed by atoms with E-state index in [1.54, 1.807) is 38.2 Å². The Morgan fingerprint density at radius 2 is 1.83 bits per heavy atom. The summed E-state index contributed by atoms with van der Waals surface area (Å²) in [5.41, 5.74) is 2.07. The Morgan fingerprint density at radius 1 is 1.13 bits per heavy atom. The predicted molar refractivity (Wildman–Crippen MR) is 93.8 cm³/mol. The molecule has 0 aliphatic heterocycles. The van der Waals surface area contributed by atoms with Crippen LogP contribution in [0.5, 0.6) is 0 Å². The van der Waals surface area contributed by atoms with E-state index in [4.69, 9.17) is 4.74 Å². The van der Waals surface area contributed by atoms with E-state index < -0.39 is 0 Å². The van der Waals surface area contributed by atoms with Crippen LogP contribution in [0.4, 0.5) is 0 Å². The molecule has 0 spiro atoms. The minimum absolute atomic E-state index is 0.0752. The van der Waals surface area contributed by atoms with Crippen molar-refractivity contribution in [3.05, 3.63) is 78.4 Å². The summed E-state index contributed by atoms with van der Waals surface area (Å²) >= 11 is 0. The molecule has 0 heterocycles. The molecule has 0 N–H and O–H groups in total. The average Bonchev–Trinajstić information content (AvgIpc) is 2.57. The number of carbonyl (C=O) groups is 2. The highest BCUT2D eigenvalue weighted by Crippen LogP contribution is 2.23. The van der Waals surface area contributed by atoms with Gasteiger partial charge in [0.15, 0.2) is 5.78 Å². The van der Waals surface area contributed by atoms with Gasteiger partial charge in [-0.05, 0) is 31.1 Å². The highest BCUT2D eigenvalue weighted by atomic mass is 16.5. The third-order valence-electron chi connectivity index (χ3n) is 3.18. The summed E-state index contributed by atoms with van der Waals surface area (Å²) in [6.07, 6.45) is 8.30. The number of ketones is 1. The Labute approximate surface area is 137 Å². The number of benzene rings is 1. The first kappa shape index (κ1) is 18.4. The van der Waals surface area contributed by atoms with Crippen molar-refractivity contribution >= 4 is 17.3 Å². The second kappa shape index (κ2) is 10.1. The van der Waals surface area contributed by atoms with Gasteiger partial charge in [-0.25, -0.2) is 0 Å². The van der Waals surface area contributed by atoms with Gasteiger partial charge in [0.2, 0.25) is 0 Å². The van der Waals surface area contributed by atoms with Gasteiger partial charge in [0.1, 0.15) is 0 Å². The topological polar surface area (TPSA) is 43.4 Å². The van der Waals surface area contributed by atoms with Gasteiger partial charge >= 0.3 is 5.97 Å². The summed E-state index contributed by atoms with van der Waals surface area (Å²) in [5, 5.41) is 0. The molecule has 23 heavy (non-hydrogen) atoms. The molecule has 1 aromatic carbocycles. The Bertz CT molecular complexity index is 634. The molecule has 3 nitrogen and oxygen atoms in total. The van der Waals surface area contributed by atoms with Crippen molar-refractivity contribution in [2.45, 2.75) is 20.3 Å². The highest BCUT2D eigenvalue weighted by Gasteiger charge is 2.15. The van der Waals surface area contributed by atoms with Gasteiger partial charge in [0.05, 0.1) is 13.0 Å². The van der Waals surface area contributed by atoms with Crippen molar-refractivity contribution < 1.29 is 14.3 Å². The smallest absolute Gasteiger partial charge is 0.310 e. The number of hydrogen-bond donors (Lipinski definition) is 0. The van der Waals surface area contributed by atoms with Crippen molar-refractivity contribution in [2.75, 3.05) is 6.61 Å². The van der Waals surface area contributed by atoms with Gasteiger partial charge in [-0.3, -0.25) is 9.59 Å². The minimum atomic E-state index is -0.339. The van der Waals surface area contributed by atoms with Crippen LogP contribution < -0.4 is 0 Å². The first-order chi connectivity index (χ1) is 11.1. The zero-order valence-electron chi connectivity index (χ0n) is 13.6. The summed E-state index contributed by atoms with van der Waals surface area (Å²) in [7, 11) is 0. The molecule has 0 unspecified atom stereocenters. The van der Waals surface area contributed by atoms with E-state index in [-0.39, 0.29) is 18.2 Å². The summed E-state index contributed by atoms with van der Waals surface area (Å²) in [6.45, 7) is 7.37. The van der Waals surface area contributed by atoms with Crippen molar-refractivity contribution in [1.29, 1.82) is 0 Å². The lowest BCUT2D eigenvalue weighted by molar-refractivity contribution is -0.141. The van der Waals surface area contributed by atoms with E-state index >= 15 is 0 Å². The number of esters is 1. The normalized spacial score (nSPS) is 12.3. The number of carbonyl (C=O) groups excluding carboxylic acids is 2. The monoisotopic (exact) mass is 310 g/mol. The van der Waals surface area contributed by atoms with Crippen LogP contribution in [-0.4, -0.2) is 18.4 Å². The van der Waals surface area contributed by atoms with Crippen molar-refractivity contribution in [3.63, 3.8) is 0 Å². The van der Waals surface area contributed by atoms with Crippen LogP contribution in [0.15, 0.2) is 72.9 Å². The standard InChI is InChI=1S/C20H22O3/c1-4-6-7-11-14-19(21)16(3)18(15-20(22)23-5-2)17-12-9-8-10-13-17/h4,6-14H,1,5,15H2,2-3H3/b7-6-,14-11+,18-16+. The van der Waals surface area contributed by atoms with Crippen LogP contribution in [0.3, 0.4) is 0 Å². The van der Waals surface area contributed by atoms with Gasteiger partial charge in [-0.2, -0.15) is 0 Å². The van der Waals surface area contributed by atoms with Crippen LogP contribution in [0, 0.1) is 0 Å². The predicted octanol–water partition coefficient (Wildman–Crippen LogP) is 4.28. The van der Waals surface area contributed by atoms with Crippen LogP contribution >= 0.6 is 0 Å². The molecule has 0 radical (unpaired) electrons. The molecule has 0 bridgehead atoms. The molecular weight excluding hydrogens is 288 g/mol. The van der Waals surface area contributed by atoms with Crippen molar-refractivity contribution in [1.82, 2.24) is 0 Å². The average molecular weight is 310 g/mol. The van der Waals surface area contributed by atoms with Crippen molar-refractivity contribution in [2.24, 2.45) is 0 Å². The SMILES string of the molecule is C=C/C=C\C=C\C(=O)/C(C)=C(\CC(=O)OCC)c1ccccc1. The number of allylic oxidation sites excluding steroid dienone is 6. The third-order valence-corrected chi connectivity index (χ3v) is 3.18. The molecule has 120 valence electrons. The van der Waals surface area contributed by atoms with Crippen LogP contribution in [0.1, 0.15) is 25.8 Å². The molecule has 0 amide bonds. The summed E-state index contributed by atoms with van der Waals surface area (Å²) in [6, 6.07) is 9.41. The number of ether oxygens (including phenoxy) is 1. The van der Waals surface area contributed by atoms with E-state index in [9.17, 15) is 9.59 Å². The lowest BCUT2D eigenvalue weighted by Gasteiger charge is -2.11. The molecule has 0 fully saturated rings. The van der Waals surface area contributed by atoms with Crippen LogP contribution in [0.25, 0.3) is 5.57 Å². The molecule has 0 atom stereocenters. The van der Waals surface area contributed by atoms with Gasteiger partial charge in [0.25, 0.3) is 0 Å². The zero-order chi connectivity index (χ0) is 17.1. The largest absolute Gasteiger partial charge is 0.466 e. The highest BCUT2D eigenvalue weighted by molar-refractivity contribution is 6.10. The first-order valence-electron chi connectivity index (χ1n) is 7.51. The van der Waals surface area contributed by atoms with Crippen LogP contribution in [0.2, 0.25) is 0 Å². The fourth-order valence-electron chi connectivity index (χ4n) is 2.01. The molecule has 0 aliphatic rings. The Morgan fingerprint density at radius 3 is 2.43 bits per heavy atom. The van der Waals surface area contributed by atoms with Crippen molar-refractivity contribution in [3.8, 4) is 0 Å². The lowest BCUT2D eigenvalue weighted by Crippen LogP contribution is -2.08. The summed E-state index contributed by atoms with van der Waals surface area (Å²) in [4.78, 5) is 24.1. The fraction of sp³-hybridized carbons (Fsp3) is 0.200. The maximum atomic E-state index is 12.3. The van der Waals surface area contributed by atoms with E-state index in [1.165, 1.54) is 6.08 Å². The van der Waals surface area contributed by atoms with Crippen LogP contribution in [-0.2, 0) is 14.3 Å². The molecule has 1 rings (SSSR count). The van der Waals surface area contributed by atoms with Gasteiger partial charge in [-0.1, -0.05) is 61.2 Å². The van der Waals surface area contributed by atoms with Gasteiger partial charge in [0, 0.05) is 5.57 Å². The number of hydrogen-bond acceptors (Lipinski definition) is 3. The second-order valence-electron chi connectivity index (χ2n) is 4.80. The van der Waals surface area contributed by atoms with E-state index in [2.05, 4.69) is 6.58 Å². The quantitative estimate of drug-likeness (QED) is 0.409. The maximum absolute atomic E-state index is 12.3. The Hall–Kier alpha value is -2.68. The summed E-state index contributed by atoms with van der Waals surface area (Å²) in [5.74, 6) is -0.476. The van der Waals surface area contributed by atoms with E-state index in [0.29, 0.717) is 17.8 Å². The first-order valence-corrected chi connectivity index (χ1v) is 7.51. The molecule has 0 aliphatic carbocycles. The van der Waals surface area contributed by atoms with Gasteiger partial charge < -0.3 is 4.74 Å². The fourth-order valence-corrected chi connectivity index (χ4v) is 2.01. The Kier molecular flexibility index (Phi) is 8.08. The molecule has 1 aromatic rings. The Balaban J connectivity index is 3.12. The number of rotatable bonds is 8. The van der Waals surface area contributed by atoms with Gasteiger partial charge in [-0.15, -0.1) is 0 Å². The zero-order valence-corrected chi connectivity index (χ0v) is 13.6. The molecule has 3 heteroatoms. The van der Waals surface area contributed by atoms with E-state index in [1.807, 2.05) is 30.3 Å². The van der Waals surface area contributed by atoms with E-state index in [0.717, 1.165) is 5.56 Å². The lowest BCUT2D eigenvalue weighted by atomic mass is 9.95. The molecule has 0 saturated heterocycles.